The van der Waals surface area contributed by atoms with Gasteiger partial charge in [-0.25, -0.2) is 9.69 Å². The van der Waals surface area contributed by atoms with E-state index in [-0.39, 0.29) is 29.8 Å². The Bertz CT molecular complexity index is 1610. The highest BCUT2D eigenvalue weighted by Crippen LogP contribution is 2.54. The number of fused-ring (bicyclic) bond motifs is 2. The number of rotatable bonds is 6. The molecule has 1 aromatic heterocycles. The van der Waals surface area contributed by atoms with Gasteiger partial charge in [-0.1, -0.05) is 51.2 Å². The van der Waals surface area contributed by atoms with Gasteiger partial charge in [0.05, 0.1) is 42.0 Å². The number of carbonyl (C=O) groups is 4. The normalized spacial score (nSPS) is 21.7. The number of anilines is 1. The Morgan fingerprint density at radius 2 is 1.69 bits per heavy atom. The zero-order valence-electron chi connectivity index (χ0n) is 22.5. The quantitative estimate of drug-likeness (QED) is 0.289. The van der Waals surface area contributed by atoms with Gasteiger partial charge in [0.1, 0.15) is 11.8 Å². The highest BCUT2D eigenvalue weighted by Gasteiger charge is 2.56. The van der Waals surface area contributed by atoms with Crippen molar-refractivity contribution < 1.29 is 28.7 Å². The number of benzene rings is 2. The molecule has 0 bridgehead atoms. The van der Waals surface area contributed by atoms with E-state index in [4.69, 9.17) is 9.47 Å². The first-order valence-corrected chi connectivity index (χ1v) is 15.9. The number of thiazole rings is 1. The molecule has 3 amide bonds. The molecule has 3 aliphatic heterocycles. The van der Waals surface area contributed by atoms with E-state index in [1.807, 2.05) is 24.3 Å². The second-order valence-electron chi connectivity index (χ2n) is 9.99. The molecule has 2 saturated heterocycles. The molecule has 0 saturated carbocycles. The maximum atomic E-state index is 14.0. The summed E-state index contributed by atoms with van der Waals surface area (Å²) in [5.74, 6) is -2.79. The molecule has 3 unspecified atom stereocenters. The van der Waals surface area contributed by atoms with Crippen molar-refractivity contribution in [3.63, 3.8) is 0 Å². The van der Waals surface area contributed by atoms with Gasteiger partial charge in [-0.3, -0.25) is 23.7 Å². The number of thioether (sulfide) groups is 1. The summed E-state index contributed by atoms with van der Waals surface area (Å²) in [5.41, 5.74) is 1.46. The highest BCUT2D eigenvalue weighted by atomic mass is 79.9. The molecular formula is C29H26BrN3O7S2. The van der Waals surface area contributed by atoms with Crippen molar-refractivity contribution in [2.45, 2.75) is 29.7 Å². The summed E-state index contributed by atoms with van der Waals surface area (Å²) < 4.78 is 12.7. The molecule has 3 atom stereocenters. The molecule has 42 heavy (non-hydrogen) atoms. The third-order valence-electron chi connectivity index (χ3n) is 7.57. The van der Waals surface area contributed by atoms with Crippen LogP contribution in [0.4, 0.5) is 5.69 Å². The molecule has 0 N–H and O–H groups in total. The topological polar surface area (TPSA) is 115 Å². The fourth-order valence-electron chi connectivity index (χ4n) is 5.55. The number of hydrogen-bond donors (Lipinski definition) is 0. The molecule has 0 aliphatic carbocycles. The number of imide groups is 1. The number of carbonyl (C=O) groups excluding carboxylic acids is 4. The van der Waals surface area contributed by atoms with E-state index in [9.17, 15) is 24.0 Å². The number of esters is 1. The molecule has 3 aliphatic rings. The van der Waals surface area contributed by atoms with Crippen LogP contribution < -0.4 is 9.77 Å². The number of nitrogens with zero attached hydrogens (tertiary/aromatic N) is 3. The molecule has 2 fully saturated rings. The Morgan fingerprint density at radius 3 is 2.36 bits per heavy atom. The zero-order chi connectivity index (χ0) is 29.5. The summed E-state index contributed by atoms with van der Waals surface area (Å²) in [6.45, 7) is 3.59. The fraction of sp³-hybridized carbons (Fsp3) is 0.345. The summed E-state index contributed by atoms with van der Waals surface area (Å²) in [6, 6.07) is 13.7. The number of ether oxygens (including phenoxy) is 2. The van der Waals surface area contributed by atoms with Crippen molar-refractivity contribution in [1.29, 1.82) is 0 Å². The van der Waals surface area contributed by atoms with Gasteiger partial charge in [-0.15, -0.1) is 0 Å². The smallest absolute Gasteiger partial charge is 0.338 e. The van der Waals surface area contributed by atoms with Crippen LogP contribution in [0.2, 0.25) is 0 Å². The van der Waals surface area contributed by atoms with Gasteiger partial charge in [0.15, 0.2) is 0 Å². The maximum absolute atomic E-state index is 14.0. The fourth-order valence-corrected chi connectivity index (χ4v) is 8.59. The summed E-state index contributed by atoms with van der Waals surface area (Å²) >= 11 is 5.65. The van der Waals surface area contributed by atoms with E-state index >= 15 is 0 Å². The Morgan fingerprint density at radius 1 is 1.00 bits per heavy atom. The minimum absolute atomic E-state index is 0.150. The Hall–Kier alpha value is -3.26. The second-order valence-corrected chi connectivity index (χ2v) is 13.0. The number of amides is 3. The lowest BCUT2D eigenvalue weighted by Crippen LogP contribution is -2.43. The summed E-state index contributed by atoms with van der Waals surface area (Å²) in [5, 5.41) is -0.261. The number of halogens is 1. The molecule has 0 spiro atoms. The van der Waals surface area contributed by atoms with E-state index in [0.29, 0.717) is 47.5 Å². The zero-order valence-corrected chi connectivity index (χ0v) is 25.7. The van der Waals surface area contributed by atoms with E-state index < -0.39 is 29.0 Å². The van der Waals surface area contributed by atoms with Crippen LogP contribution >= 0.6 is 39.0 Å². The van der Waals surface area contributed by atoms with Gasteiger partial charge < -0.3 is 14.4 Å². The second kappa shape index (κ2) is 11.8. The molecule has 3 aromatic rings. The van der Waals surface area contributed by atoms with Crippen molar-refractivity contribution >= 4 is 68.4 Å². The van der Waals surface area contributed by atoms with Gasteiger partial charge >= 0.3 is 10.8 Å². The molecule has 13 heteroatoms. The average molecular weight is 673 g/mol. The SMILES string of the molecule is CCOC(=O)c1ccc(N2C(=O)C3Sc4c(sc(=O)n4CC(=O)N4CCOCC4)C(c4ccc(Br)cc4)C3C2=O)cc1. The van der Waals surface area contributed by atoms with Crippen LogP contribution in [0.5, 0.6) is 0 Å². The third kappa shape index (κ3) is 5.12. The molecule has 218 valence electrons. The molecular weight excluding hydrogens is 646 g/mol. The summed E-state index contributed by atoms with van der Waals surface area (Å²) in [6.07, 6.45) is 0. The minimum atomic E-state index is -0.804. The van der Waals surface area contributed by atoms with Gasteiger partial charge in [-0.2, -0.15) is 0 Å². The van der Waals surface area contributed by atoms with Gasteiger partial charge in [-0.05, 0) is 48.9 Å². The van der Waals surface area contributed by atoms with Crippen molar-refractivity contribution in [2.75, 3.05) is 37.8 Å². The Labute approximate surface area is 257 Å². The number of morpholine rings is 1. The lowest BCUT2D eigenvalue weighted by Gasteiger charge is -2.31. The van der Waals surface area contributed by atoms with Crippen LogP contribution in [0.1, 0.15) is 33.6 Å². The number of aromatic nitrogens is 1. The van der Waals surface area contributed by atoms with Crippen molar-refractivity contribution in [3.05, 3.63) is 78.7 Å². The van der Waals surface area contributed by atoms with E-state index in [0.717, 1.165) is 21.4 Å². The first-order valence-electron chi connectivity index (χ1n) is 13.4. The average Bonchev–Trinajstić information content (AvgIpc) is 3.44. The van der Waals surface area contributed by atoms with Gasteiger partial charge in [0, 0.05) is 28.4 Å². The lowest BCUT2D eigenvalue weighted by molar-refractivity contribution is -0.136. The van der Waals surface area contributed by atoms with Crippen molar-refractivity contribution in [3.8, 4) is 0 Å². The molecule has 0 radical (unpaired) electrons. The molecule has 4 heterocycles. The predicted molar refractivity (Wildman–Crippen MR) is 160 cm³/mol. The van der Waals surface area contributed by atoms with E-state index in [1.165, 1.54) is 33.4 Å². The van der Waals surface area contributed by atoms with Gasteiger partial charge in [0.25, 0.3) is 0 Å². The maximum Gasteiger partial charge on any atom is 0.338 e. The Kier molecular flexibility index (Phi) is 8.09. The van der Waals surface area contributed by atoms with Crippen LogP contribution in [0.25, 0.3) is 0 Å². The minimum Gasteiger partial charge on any atom is -0.462 e. The highest BCUT2D eigenvalue weighted by molar-refractivity contribution is 9.10. The van der Waals surface area contributed by atoms with Crippen LogP contribution in [-0.4, -0.2) is 71.3 Å². The first kappa shape index (κ1) is 28.8. The summed E-state index contributed by atoms with van der Waals surface area (Å²) in [7, 11) is 0. The van der Waals surface area contributed by atoms with E-state index in [2.05, 4.69) is 15.9 Å². The molecule has 2 aromatic carbocycles. The largest absolute Gasteiger partial charge is 0.462 e. The van der Waals surface area contributed by atoms with E-state index in [1.54, 1.807) is 24.0 Å². The van der Waals surface area contributed by atoms with Crippen LogP contribution in [0.15, 0.2) is 62.8 Å². The first-order chi connectivity index (χ1) is 20.3. The van der Waals surface area contributed by atoms with Crippen molar-refractivity contribution in [1.82, 2.24) is 9.47 Å². The van der Waals surface area contributed by atoms with Crippen LogP contribution in [0, 0.1) is 5.92 Å². The monoisotopic (exact) mass is 671 g/mol. The third-order valence-corrected chi connectivity index (χ3v) is 10.7. The molecule has 6 rings (SSSR count). The number of hydrogen-bond acceptors (Lipinski definition) is 9. The van der Waals surface area contributed by atoms with Crippen LogP contribution in [-0.2, 0) is 30.4 Å². The standard InChI is InChI=1S/C29H26BrN3O7S2/c1-2-40-28(37)17-5-9-19(10-6-17)33-25(35)22-21(16-3-7-18(30)8-4-16)24-27(41-23(22)26(33)36)32(29(38)42-24)15-20(34)31-11-13-39-14-12-31/h3-10,21-23H,2,11-15H2,1H3. The van der Waals surface area contributed by atoms with Crippen LogP contribution in [0.3, 0.4) is 0 Å². The van der Waals surface area contributed by atoms with Gasteiger partial charge in [0.2, 0.25) is 17.7 Å². The predicted octanol–water partition coefficient (Wildman–Crippen LogP) is 3.50. The van der Waals surface area contributed by atoms with Crippen molar-refractivity contribution in [2.24, 2.45) is 5.92 Å². The Balaban J connectivity index is 1.38. The molecule has 10 nitrogen and oxygen atoms in total. The lowest BCUT2D eigenvalue weighted by atomic mass is 9.83. The summed E-state index contributed by atoms with van der Waals surface area (Å²) in [4.78, 5) is 69.7.